The van der Waals surface area contributed by atoms with Crippen molar-refractivity contribution in [3.8, 4) is 11.6 Å². The summed E-state index contributed by atoms with van der Waals surface area (Å²) in [4.78, 5) is 16.4. The molecule has 1 aliphatic rings. The van der Waals surface area contributed by atoms with E-state index in [9.17, 15) is 4.79 Å². The van der Waals surface area contributed by atoms with Gasteiger partial charge in [-0.15, -0.1) is 0 Å². The van der Waals surface area contributed by atoms with Crippen LogP contribution < -0.4 is 10.1 Å². The zero-order valence-corrected chi connectivity index (χ0v) is 16.2. The van der Waals surface area contributed by atoms with E-state index in [1.54, 1.807) is 23.2 Å². The summed E-state index contributed by atoms with van der Waals surface area (Å²) in [5.74, 6) is 0.472. The molecule has 0 radical (unpaired) electrons. The second-order valence-electron chi connectivity index (χ2n) is 7.13. The molecule has 1 saturated carbocycles. The van der Waals surface area contributed by atoms with Crippen molar-refractivity contribution in [2.45, 2.75) is 38.3 Å². The summed E-state index contributed by atoms with van der Waals surface area (Å²) in [6, 6.07) is 13.6. The molecular formula is C23H24N4O2. The molecule has 0 aliphatic heterocycles. The summed E-state index contributed by atoms with van der Waals surface area (Å²) in [6.07, 6.45) is 13.5. The summed E-state index contributed by atoms with van der Waals surface area (Å²) >= 11 is 0. The van der Waals surface area contributed by atoms with E-state index in [0.29, 0.717) is 12.4 Å². The highest BCUT2D eigenvalue weighted by Gasteiger charge is 2.17. The molecule has 148 valence electrons. The quantitative estimate of drug-likeness (QED) is 0.623. The van der Waals surface area contributed by atoms with Gasteiger partial charge < -0.3 is 10.1 Å². The van der Waals surface area contributed by atoms with Gasteiger partial charge in [-0.05, 0) is 55.5 Å². The lowest BCUT2D eigenvalue weighted by molar-refractivity contribution is -0.116. The lowest BCUT2D eigenvalue weighted by Gasteiger charge is -2.12. The molecule has 6 nitrogen and oxygen atoms in total. The van der Waals surface area contributed by atoms with Gasteiger partial charge in [-0.25, -0.2) is 9.67 Å². The summed E-state index contributed by atoms with van der Waals surface area (Å²) < 4.78 is 7.70. The van der Waals surface area contributed by atoms with Crippen molar-refractivity contribution in [1.82, 2.24) is 20.1 Å². The highest BCUT2D eigenvalue weighted by Crippen LogP contribution is 2.23. The number of benzene rings is 1. The third kappa shape index (κ3) is 5.31. The highest BCUT2D eigenvalue weighted by atomic mass is 16.5. The van der Waals surface area contributed by atoms with Crippen molar-refractivity contribution in [1.29, 1.82) is 0 Å². The number of nitrogens with one attached hydrogen (secondary N) is 1. The SMILES string of the molecule is O=C(/C=C/c1cnn(-c2ccccc2)c1)NCc1ccnc(OC2CCCC2)c1. The molecule has 29 heavy (non-hydrogen) atoms. The van der Waals surface area contributed by atoms with Gasteiger partial charge in [-0.1, -0.05) is 18.2 Å². The third-order valence-electron chi connectivity index (χ3n) is 4.91. The van der Waals surface area contributed by atoms with Gasteiger partial charge in [-0.2, -0.15) is 5.10 Å². The second-order valence-corrected chi connectivity index (χ2v) is 7.13. The molecule has 2 aromatic heterocycles. The fourth-order valence-electron chi connectivity index (χ4n) is 3.37. The van der Waals surface area contributed by atoms with E-state index in [0.717, 1.165) is 29.7 Å². The van der Waals surface area contributed by atoms with Crippen molar-refractivity contribution in [2.24, 2.45) is 0 Å². The number of aromatic nitrogens is 3. The molecule has 1 aliphatic carbocycles. The molecule has 4 rings (SSSR count). The maximum Gasteiger partial charge on any atom is 0.244 e. The average Bonchev–Trinajstić information content (AvgIpc) is 3.44. The van der Waals surface area contributed by atoms with E-state index in [1.807, 2.05) is 48.7 Å². The summed E-state index contributed by atoms with van der Waals surface area (Å²) in [6.45, 7) is 0.427. The van der Waals surface area contributed by atoms with Gasteiger partial charge in [0.1, 0.15) is 6.10 Å². The molecule has 1 N–H and O–H groups in total. The van der Waals surface area contributed by atoms with Gasteiger partial charge in [0.25, 0.3) is 0 Å². The molecule has 1 amide bonds. The lowest BCUT2D eigenvalue weighted by atomic mass is 10.2. The minimum absolute atomic E-state index is 0.160. The summed E-state index contributed by atoms with van der Waals surface area (Å²) in [7, 11) is 0. The standard InChI is InChI=1S/C23H24N4O2/c28-22(11-10-19-16-26-27(17-19)20-6-2-1-3-7-20)25-15-18-12-13-24-23(14-18)29-21-8-4-5-9-21/h1-3,6-7,10-14,16-17,21H,4-5,8-9,15H2,(H,25,28)/b11-10+. The Bertz CT molecular complexity index is 975. The van der Waals surface area contributed by atoms with Crippen LogP contribution >= 0.6 is 0 Å². The number of carbonyl (C=O) groups is 1. The van der Waals surface area contributed by atoms with Crippen LogP contribution in [0.15, 0.2) is 67.1 Å². The molecule has 0 atom stereocenters. The third-order valence-corrected chi connectivity index (χ3v) is 4.91. The first kappa shape index (κ1) is 18.9. The second kappa shape index (κ2) is 9.19. The van der Waals surface area contributed by atoms with E-state index in [-0.39, 0.29) is 12.0 Å². The van der Waals surface area contributed by atoms with Gasteiger partial charge in [0.05, 0.1) is 11.9 Å². The molecule has 0 spiro atoms. The van der Waals surface area contributed by atoms with Crippen LogP contribution in [0, 0.1) is 0 Å². The maximum absolute atomic E-state index is 12.2. The number of nitrogens with zero attached hydrogens (tertiary/aromatic N) is 3. The first-order valence-electron chi connectivity index (χ1n) is 9.94. The monoisotopic (exact) mass is 388 g/mol. The Kier molecular flexibility index (Phi) is 6.00. The molecule has 1 aromatic carbocycles. The molecule has 0 unspecified atom stereocenters. The fourth-order valence-corrected chi connectivity index (χ4v) is 3.37. The van der Waals surface area contributed by atoms with Gasteiger partial charge in [0.15, 0.2) is 0 Å². The van der Waals surface area contributed by atoms with E-state index in [2.05, 4.69) is 15.4 Å². The van der Waals surface area contributed by atoms with Crippen molar-refractivity contribution < 1.29 is 9.53 Å². The van der Waals surface area contributed by atoms with Crippen LogP contribution in [-0.4, -0.2) is 26.8 Å². The number of pyridine rings is 1. The Morgan fingerprint density at radius 3 is 2.86 bits per heavy atom. The van der Waals surface area contributed by atoms with Crippen LogP contribution in [0.25, 0.3) is 11.8 Å². The number of para-hydroxylation sites is 1. The van der Waals surface area contributed by atoms with E-state index >= 15 is 0 Å². The lowest BCUT2D eigenvalue weighted by Crippen LogP contribution is -2.20. The van der Waals surface area contributed by atoms with Crippen LogP contribution in [0.4, 0.5) is 0 Å². The smallest absolute Gasteiger partial charge is 0.244 e. The van der Waals surface area contributed by atoms with Crippen LogP contribution in [0.1, 0.15) is 36.8 Å². The van der Waals surface area contributed by atoms with Crippen LogP contribution in [-0.2, 0) is 11.3 Å². The topological polar surface area (TPSA) is 69.0 Å². The van der Waals surface area contributed by atoms with Crippen LogP contribution in [0.3, 0.4) is 0 Å². The predicted octanol–water partition coefficient (Wildman–Crippen LogP) is 3.92. The van der Waals surface area contributed by atoms with Gasteiger partial charge in [0.2, 0.25) is 11.8 Å². The highest BCUT2D eigenvalue weighted by molar-refractivity contribution is 5.91. The zero-order valence-electron chi connectivity index (χ0n) is 16.2. The van der Waals surface area contributed by atoms with Gasteiger partial charge in [-0.3, -0.25) is 4.79 Å². The Morgan fingerprint density at radius 1 is 1.21 bits per heavy atom. The normalized spacial score (nSPS) is 14.3. The minimum Gasteiger partial charge on any atom is -0.474 e. The van der Waals surface area contributed by atoms with Crippen molar-refractivity contribution in [3.05, 3.63) is 78.3 Å². The molecule has 0 bridgehead atoms. The fraction of sp³-hybridized carbons (Fsp3) is 0.261. The molecule has 6 heteroatoms. The Hall–Kier alpha value is -3.41. The summed E-state index contributed by atoms with van der Waals surface area (Å²) in [5, 5.41) is 7.21. The molecular weight excluding hydrogens is 364 g/mol. The number of rotatable bonds is 7. The minimum atomic E-state index is -0.160. The van der Waals surface area contributed by atoms with E-state index in [1.165, 1.54) is 18.9 Å². The first-order valence-corrected chi connectivity index (χ1v) is 9.94. The van der Waals surface area contributed by atoms with Gasteiger partial charge in [0, 0.05) is 36.6 Å². The first-order chi connectivity index (χ1) is 14.3. The van der Waals surface area contributed by atoms with E-state index < -0.39 is 0 Å². The molecule has 1 fully saturated rings. The number of ether oxygens (including phenoxy) is 1. The van der Waals surface area contributed by atoms with E-state index in [4.69, 9.17) is 4.74 Å². The zero-order chi connectivity index (χ0) is 19.9. The van der Waals surface area contributed by atoms with Crippen molar-refractivity contribution >= 4 is 12.0 Å². The van der Waals surface area contributed by atoms with Crippen molar-refractivity contribution in [3.63, 3.8) is 0 Å². The van der Waals surface area contributed by atoms with Crippen LogP contribution in [0.2, 0.25) is 0 Å². The number of carbonyl (C=O) groups excluding carboxylic acids is 1. The van der Waals surface area contributed by atoms with Crippen LogP contribution in [0.5, 0.6) is 5.88 Å². The predicted molar refractivity (Wildman–Crippen MR) is 112 cm³/mol. The Morgan fingerprint density at radius 2 is 2.03 bits per heavy atom. The number of amides is 1. The number of hydrogen-bond acceptors (Lipinski definition) is 4. The summed E-state index contributed by atoms with van der Waals surface area (Å²) in [5.41, 5.74) is 2.80. The van der Waals surface area contributed by atoms with Gasteiger partial charge >= 0.3 is 0 Å². The van der Waals surface area contributed by atoms with Crippen molar-refractivity contribution in [2.75, 3.05) is 0 Å². The molecule has 0 saturated heterocycles. The average molecular weight is 388 g/mol. The Labute approximate surface area is 170 Å². The Balaban J connectivity index is 1.29. The maximum atomic E-state index is 12.2. The molecule has 2 heterocycles. The number of hydrogen-bond donors (Lipinski definition) is 1. The molecule has 3 aromatic rings. The largest absolute Gasteiger partial charge is 0.474 e.